The van der Waals surface area contributed by atoms with Gasteiger partial charge in [0.2, 0.25) is 11.8 Å². The average molecular weight is 370 g/mol. The van der Waals surface area contributed by atoms with Gasteiger partial charge in [0.15, 0.2) is 0 Å². The summed E-state index contributed by atoms with van der Waals surface area (Å²) >= 11 is 0. The fourth-order valence-electron chi connectivity index (χ4n) is 3.92. The summed E-state index contributed by atoms with van der Waals surface area (Å²) in [6.07, 6.45) is 3.53. The second-order valence-corrected chi connectivity index (χ2v) is 7.15. The van der Waals surface area contributed by atoms with E-state index in [1.54, 1.807) is 11.8 Å². The molecule has 0 radical (unpaired) electrons. The van der Waals surface area contributed by atoms with Gasteiger partial charge in [-0.2, -0.15) is 5.10 Å². The Morgan fingerprint density at radius 3 is 2.89 bits per heavy atom. The smallest absolute Gasteiger partial charge is 0.222 e. The molecule has 1 unspecified atom stereocenters. The van der Waals surface area contributed by atoms with Crippen LogP contribution in [0.25, 0.3) is 0 Å². The van der Waals surface area contributed by atoms with Crippen LogP contribution < -0.4 is 15.0 Å². The van der Waals surface area contributed by atoms with Crippen LogP contribution in [-0.4, -0.2) is 35.4 Å². The molecule has 1 atom stereocenters. The summed E-state index contributed by atoms with van der Waals surface area (Å²) in [5.74, 6) is 0.768. The summed E-state index contributed by atoms with van der Waals surface area (Å²) in [5.41, 5.74) is 4.58. The van der Waals surface area contributed by atoms with E-state index in [9.17, 15) is 4.79 Å². The van der Waals surface area contributed by atoms with E-state index in [1.807, 2.05) is 7.05 Å². The van der Waals surface area contributed by atoms with Crippen LogP contribution in [0.4, 0.5) is 5.69 Å². The predicted octanol–water partition coefficient (Wildman–Crippen LogP) is 2.84. The maximum Gasteiger partial charge on any atom is 0.222 e. The maximum absolute atomic E-state index is 12.5. The number of rotatable bonds is 7. The molecule has 1 amide bonds. The standard InChI is InChI=1S/C21H30N4O2/c1-5-18-17(21(27-4)24(3)23-18)14-22-20(26)12-13-25-15(2)10-11-16-8-6-7-9-19(16)25/h6-9,15H,5,10-14H2,1-4H3,(H,22,26). The Morgan fingerprint density at radius 1 is 1.37 bits per heavy atom. The maximum atomic E-state index is 12.5. The first-order valence-corrected chi connectivity index (χ1v) is 9.75. The lowest BCUT2D eigenvalue weighted by Gasteiger charge is -2.37. The van der Waals surface area contributed by atoms with Crippen molar-refractivity contribution in [2.24, 2.45) is 7.05 Å². The minimum Gasteiger partial charge on any atom is -0.481 e. The summed E-state index contributed by atoms with van der Waals surface area (Å²) in [6.45, 7) is 5.48. The van der Waals surface area contributed by atoms with Gasteiger partial charge >= 0.3 is 0 Å². The number of nitrogens with one attached hydrogen (secondary N) is 1. The van der Waals surface area contributed by atoms with E-state index < -0.39 is 0 Å². The SMILES string of the molecule is CCc1nn(C)c(OC)c1CNC(=O)CCN1c2ccccc2CCC1C. The molecule has 1 aromatic carbocycles. The molecule has 1 aromatic heterocycles. The van der Waals surface area contributed by atoms with Gasteiger partial charge in [0.25, 0.3) is 0 Å². The second-order valence-electron chi connectivity index (χ2n) is 7.15. The van der Waals surface area contributed by atoms with Gasteiger partial charge in [-0.3, -0.25) is 4.79 Å². The number of ether oxygens (including phenoxy) is 1. The lowest BCUT2D eigenvalue weighted by Crippen LogP contribution is -2.39. The Kier molecular flexibility index (Phi) is 6.04. The van der Waals surface area contributed by atoms with Crippen molar-refractivity contribution in [3.05, 3.63) is 41.1 Å². The van der Waals surface area contributed by atoms with Crippen LogP contribution in [0.5, 0.6) is 5.88 Å². The largest absolute Gasteiger partial charge is 0.481 e. The number of methoxy groups -OCH3 is 1. The molecule has 0 spiro atoms. The molecule has 27 heavy (non-hydrogen) atoms. The van der Waals surface area contributed by atoms with Crippen LogP contribution in [0.1, 0.15) is 43.5 Å². The Hall–Kier alpha value is -2.50. The first-order chi connectivity index (χ1) is 13.0. The average Bonchev–Trinajstić information content (AvgIpc) is 3.00. The number of hydrogen-bond donors (Lipinski definition) is 1. The highest BCUT2D eigenvalue weighted by Gasteiger charge is 2.23. The highest BCUT2D eigenvalue weighted by Crippen LogP contribution is 2.30. The van der Waals surface area contributed by atoms with Crippen LogP contribution in [0, 0.1) is 0 Å². The van der Waals surface area contributed by atoms with Gasteiger partial charge in [0.05, 0.1) is 18.4 Å². The zero-order chi connectivity index (χ0) is 19.4. The van der Waals surface area contributed by atoms with Gasteiger partial charge in [-0.05, 0) is 37.8 Å². The van der Waals surface area contributed by atoms with E-state index in [-0.39, 0.29) is 5.91 Å². The molecule has 1 aliphatic heterocycles. The van der Waals surface area contributed by atoms with Crippen molar-refractivity contribution in [2.75, 3.05) is 18.6 Å². The summed E-state index contributed by atoms with van der Waals surface area (Å²) in [7, 11) is 3.50. The molecule has 0 aliphatic carbocycles. The van der Waals surface area contributed by atoms with Crippen molar-refractivity contribution in [2.45, 2.75) is 52.1 Å². The highest BCUT2D eigenvalue weighted by molar-refractivity contribution is 5.76. The normalized spacial score (nSPS) is 16.1. The van der Waals surface area contributed by atoms with E-state index in [2.05, 4.69) is 53.4 Å². The third-order valence-electron chi connectivity index (χ3n) is 5.41. The number of amides is 1. The minimum atomic E-state index is 0.0539. The first-order valence-electron chi connectivity index (χ1n) is 9.75. The van der Waals surface area contributed by atoms with Crippen LogP contribution in [-0.2, 0) is 31.2 Å². The summed E-state index contributed by atoms with van der Waals surface area (Å²) in [5, 5.41) is 7.51. The molecule has 3 rings (SSSR count). The second kappa shape index (κ2) is 8.46. The lowest BCUT2D eigenvalue weighted by atomic mass is 9.96. The fourth-order valence-corrected chi connectivity index (χ4v) is 3.92. The van der Waals surface area contributed by atoms with Crippen LogP contribution in [0.15, 0.2) is 24.3 Å². The monoisotopic (exact) mass is 370 g/mol. The Bertz CT molecular complexity index is 799. The molecule has 0 fully saturated rings. The van der Waals surface area contributed by atoms with E-state index in [1.165, 1.54) is 11.3 Å². The molecule has 6 nitrogen and oxygen atoms in total. The Morgan fingerprint density at radius 2 is 2.15 bits per heavy atom. The molecule has 2 aromatic rings. The van der Waals surface area contributed by atoms with Crippen LogP contribution >= 0.6 is 0 Å². The predicted molar refractivity (Wildman–Crippen MR) is 107 cm³/mol. The number of aromatic nitrogens is 2. The van der Waals surface area contributed by atoms with Gasteiger partial charge in [-0.25, -0.2) is 4.68 Å². The molecule has 0 saturated carbocycles. The zero-order valence-electron chi connectivity index (χ0n) is 16.8. The molecular weight excluding hydrogens is 340 g/mol. The van der Waals surface area contributed by atoms with Crippen molar-refractivity contribution in [1.82, 2.24) is 15.1 Å². The number of nitrogens with zero attached hydrogens (tertiary/aromatic N) is 3. The number of anilines is 1. The summed E-state index contributed by atoms with van der Waals surface area (Å²) < 4.78 is 7.17. The van der Waals surface area contributed by atoms with Gasteiger partial charge in [-0.15, -0.1) is 0 Å². The number of carbonyl (C=O) groups excluding carboxylic acids is 1. The first kappa shape index (κ1) is 19.3. The highest BCUT2D eigenvalue weighted by atomic mass is 16.5. The molecule has 6 heteroatoms. The van der Waals surface area contributed by atoms with Crippen molar-refractivity contribution in [3.63, 3.8) is 0 Å². The number of benzene rings is 1. The topological polar surface area (TPSA) is 59.4 Å². The number of aryl methyl sites for hydroxylation is 3. The molecule has 1 aliphatic rings. The van der Waals surface area contributed by atoms with E-state index in [4.69, 9.17) is 4.74 Å². The zero-order valence-corrected chi connectivity index (χ0v) is 16.8. The number of hydrogen-bond acceptors (Lipinski definition) is 4. The van der Waals surface area contributed by atoms with Gasteiger partial charge in [0.1, 0.15) is 0 Å². The molecule has 0 saturated heterocycles. The van der Waals surface area contributed by atoms with Crippen LogP contribution in [0.2, 0.25) is 0 Å². The number of carbonyl (C=O) groups is 1. The number of fused-ring (bicyclic) bond motifs is 1. The third kappa shape index (κ3) is 4.10. The number of para-hydroxylation sites is 1. The van der Waals surface area contributed by atoms with Gasteiger partial charge in [-0.1, -0.05) is 25.1 Å². The quantitative estimate of drug-likeness (QED) is 0.814. The lowest BCUT2D eigenvalue weighted by molar-refractivity contribution is -0.121. The third-order valence-corrected chi connectivity index (χ3v) is 5.41. The van der Waals surface area contributed by atoms with Crippen molar-refractivity contribution < 1.29 is 9.53 Å². The van der Waals surface area contributed by atoms with E-state index in [0.29, 0.717) is 24.9 Å². The minimum absolute atomic E-state index is 0.0539. The van der Waals surface area contributed by atoms with Crippen molar-refractivity contribution in [1.29, 1.82) is 0 Å². The van der Waals surface area contributed by atoms with E-state index in [0.717, 1.165) is 37.1 Å². The Balaban J connectivity index is 1.60. The molecule has 0 bridgehead atoms. The molecule has 1 N–H and O–H groups in total. The molecule has 2 heterocycles. The van der Waals surface area contributed by atoms with Crippen molar-refractivity contribution in [3.8, 4) is 5.88 Å². The summed E-state index contributed by atoms with van der Waals surface area (Å²) in [4.78, 5) is 14.8. The van der Waals surface area contributed by atoms with Crippen LogP contribution in [0.3, 0.4) is 0 Å². The molecular formula is C21H30N4O2. The van der Waals surface area contributed by atoms with Crippen molar-refractivity contribution >= 4 is 11.6 Å². The molecule has 146 valence electrons. The summed E-state index contributed by atoms with van der Waals surface area (Å²) in [6, 6.07) is 8.97. The van der Waals surface area contributed by atoms with Gasteiger partial charge in [0, 0.05) is 38.3 Å². The Labute approximate surface area is 161 Å². The van der Waals surface area contributed by atoms with E-state index >= 15 is 0 Å². The van der Waals surface area contributed by atoms with Gasteiger partial charge < -0.3 is 15.0 Å². The fraction of sp³-hybridized carbons (Fsp3) is 0.524.